The number of nitrogens with two attached hydrogens (primary N) is 1. The largest absolute Gasteiger partial charge is 0.366 e. The zero-order valence-corrected chi connectivity index (χ0v) is 22.5. The van der Waals surface area contributed by atoms with E-state index in [1.807, 2.05) is 19.1 Å². The molecule has 0 spiro atoms. The number of hydrogen-bond acceptors (Lipinski definition) is 6. The first-order chi connectivity index (χ1) is 18.2. The minimum atomic E-state index is -0.485. The van der Waals surface area contributed by atoms with E-state index in [0.717, 1.165) is 63.1 Å². The molecule has 0 saturated carbocycles. The molecule has 0 aliphatic carbocycles. The number of primary amides is 1. The molecule has 3 aliphatic heterocycles. The van der Waals surface area contributed by atoms with Gasteiger partial charge in [0, 0.05) is 54.6 Å². The lowest BCUT2D eigenvalue weighted by Crippen LogP contribution is -2.51. The van der Waals surface area contributed by atoms with Crippen molar-refractivity contribution in [3.8, 4) is 0 Å². The number of aryl methyl sites for hydroxylation is 2. The number of benzene rings is 1. The van der Waals surface area contributed by atoms with Gasteiger partial charge in [0.05, 0.1) is 5.56 Å². The number of rotatable bonds is 7. The molecular formula is C29H38N6O3. The van der Waals surface area contributed by atoms with Crippen LogP contribution in [0.1, 0.15) is 81.2 Å². The summed E-state index contributed by atoms with van der Waals surface area (Å²) in [5.41, 5.74) is 8.52. The lowest BCUT2D eigenvalue weighted by Gasteiger charge is -2.40. The Morgan fingerprint density at radius 2 is 1.61 bits per heavy atom. The van der Waals surface area contributed by atoms with Crippen LogP contribution in [-0.4, -0.2) is 71.4 Å². The topological polar surface area (TPSA) is 121 Å². The molecule has 1 aromatic carbocycles. The monoisotopic (exact) mass is 518 g/mol. The van der Waals surface area contributed by atoms with E-state index in [2.05, 4.69) is 32.3 Å². The zero-order valence-electron chi connectivity index (χ0n) is 22.5. The normalized spacial score (nSPS) is 24.9. The van der Waals surface area contributed by atoms with Gasteiger partial charge in [-0.3, -0.25) is 14.4 Å². The fourth-order valence-corrected chi connectivity index (χ4v) is 6.44. The third-order valence-corrected chi connectivity index (χ3v) is 8.48. The van der Waals surface area contributed by atoms with Gasteiger partial charge in [-0.15, -0.1) is 0 Å². The molecule has 0 radical (unpaired) electrons. The standard InChI is InChI=1S/C29H38N6O3/c1-4-34-10-9-20(16-34)32-28(37)19-5-8-26(31-15-19)35-22-6-7-23(35)14-21(13-22)33-29(38)25-12-17(2)24(27(30)36)11-18(25)3/h5,8,11-12,15,20-23H,4,6-7,9-10,13-14,16H2,1-3H3,(H2,30,36)(H,32,37)(H,33,38)/t20-,21?,22?,23?/m1/s1. The van der Waals surface area contributed by atoms with Crippen LogP contribution in [0.25, 0.3) is 0 Å². The van der Waals surface area contributed by atoms with E-state index in [4.69, 9.17) is 5.73 Å². The van der Waals surface area contributed by atoms with Crippen molar-refractivity contribution in [1.82, 2.24) is 20.5 Å². The van der Waals surface area contributed by atoms with E-state index >= 15 is 0 Å². The van der Waals surface area contributed by atoms with Gasteiger partial charge in [-0.25, -0.2) is 4.98 Å². The lowest BCUT2D eigenvalue weighted by molar-refractivity contribution is 0.0921. The highest BCUT2D eigenvalue weighted by Crippen LogP contribution is 2.38. The van der Waals surface area contributed by atoms with Gasteiger partial charge in [0.1, 0.15) is 5.82 Å². The number of amides is 3. The van der Waals surface area contributed by atoms with Gasteiger partial charge in [0.15, 0.2) is 0 Å². The fourth-order valence-electron chi connectivity index (χ4n) is 6.44. The molecule has 9 heteroatoms. The molecular weight excluding hydrogens is 480 g/mol. The molecule has 202 valence electrons. The summed E-state index contributed by atoms with van der Waals surface area (Å²) < 4.78 is 0. The molecule has 2 unspecified atom stereocenters. The molecule has 2 bridgehead atoms. The van der Waals surface area contributed by atoms with Crippen molar-refractivity contribution in [3.63, 3.8) is 0 Å². The second-order valence-corrected chi connectivity index (χ2v) is 11.0. The number of anilines is 1. The number of nitrogens with one attached hydrogen (secondary N) is 2. The molecule has 4 heterocycles. The van der Waals surface area contributed by atoms with Crippen LogP contribution in [0.2, 0.25) is 0 Å². The third-order valence-electron chi connectivity index (χ3n) is 8.48. The number of aromatic nitrogens is 1. The van der Waals surface area contributed by atoms with E-state index in [1.54, 1.807) is 25.3 Å². The molecule has 9 nitrogen and oxygen atoms in total. The minimum Gasteiger partial charge on any atom is -0.366 e. The van der Waals surface area contributed by atoms with Crippen molar-refractivity contribution < 1.29 is 14.4 Å². The third kappa shape index (κ3) is 5.25. The number of nitrogens with zero attached hydrogens (tertiary/aromatic N) is 3. The molecule has 2 aromatic rings. The second-order valence-electron chi connectivity index (χ2n) is 11.0. The van der Waals surface area contributed by atoms with Crippen LogP contribution in [-0.2, 0) is 0 Å². The number of piperidine rings is 1. The Kier molecular flexibility index (Phi) is 7.38. The van der Waals surface area contributed by atoms with E-state index in [1.165, 1.54) is 0 Å². The van der Waals surface area contributed by atoms with Crippen LogP contribution in [0.3, 0.4) is 0 Å². The average Bonchev–Trinajstić information content (AvgIpc) is 3.46. The number of hydrogen-bond donors (Lipinski definition) is 3. The van der Waals surface area contributed by atoms with Crippen LogP contribution in [0, 0.1) is 13.8 Å². The van der Waals surface area contributed by atoms with E-state index in [0.29, 0.717) is 34.3 Å². The van der Waals surface area contributed by atoms with Gasteiger partial charge in [-0.1, -0.05) is 6.92 Å². The quantitative estimate of drug-likeness (QED) is 0.518. The first-order valence-electron chi connectivity index (χ1n) is 13.7. The predicted molar refractivity (Wildman–Crippen MR) is 146 cm³/mol. The highest BCUT2D eigenvalue weighted by molar-refractivity contribution is 5.99. The van der Waals surface area contributed by atoms with Gasteiger partial charge < -0.3 is 26.2 Å². The summed E-state index contributed by atoms with van der Waals surface area (Å²) in [6, 6.07) is 8.14. The van der Waals surface area contributed by atoms with Crippen molar-refractivity contribution in [3.05, 3.63) is 58.3 Å². The molecule has 4 N–H and O–H groups in total. The lowest BCUT2D eigenvalue weighted by atomic mass is 9.95. The summed E-state index contributed by atoms with van der Waals surface area (Å²) in [5, 5.41) is 6.38. The Labute approximate surface area is 224 Å². The maximum atomic E-state index is 13.1. The average molecular weight is 519 g/mol. The Bertz CT molecular complexity index is 1220. The van der Waals surface area contributed by atoms with Crippen molar-refractivity contribution in [2.24, 2.45) is 5.73 Å². The van der Waals surface area contributed by atoms with E-state index in [9.17, 15) is 14.4 Å². The summed E-state index contributed by atoms with van der Waals surface area (Å²) >= 11 is 0. The number of fused-ring (bicyclic) bond motifs is 2. The van der Waals surface area contributed by atoms with Gasteiger partial charge in [-0.05, 0) is 87.9 Å². The van der Waals surface area contributed by atoms with Gasteiger partial charge in [0.25, 0.3) is 11.8 Å². The highest BCUT2D eigenvalue weighted by Gasteiger charge is 2.42. The molecule has 1 aromatic heterocycles. The zero-order chi connectivity index (χ0) is 27.0. The molecule has 3 aliphatic rings. The van der Waals surface area contributed by atoms with Crippen LogP contribution in [0.4, 0.5) is 5.82 Å². The summed E-state index contributed by atoms with van der Waals surface area (Å²) in [6.45, 7) is 8.71. The Morgan fingerprint density at radius 1 is 0.947 bits per heavy atom. The van der Waals surface area contributed by atoms with Crippen molar-refractivity contribution in [2.45, 2.75) is 77.0 Å². The molecule has 3 amide bonds. The van der Waals surface area contributed by atoms with Crippen molar-refractivity contribution in [1.29, 1.82) is 0 Å². The SMILES string of the molecule is CCN1CC[C@@H](NC(=O)c2ccc(N3C4CCC3CC(NC(=O)c3cc(C)c(C(N)=O)cc3C)C4)nc2)C1. The minimum absolute atomic E-state index is 0.0641. The Hall–Kier alpha value is -3.46. The highest BCUT2D eigenvalue weighted by atomic mass is 16.2. The van der Waals surface area contributed by atoms with E-state index < -0.39 is 5.91 Å². The second kappa shape index (κ2) is 10.7. The number of likely N-dealkylation sites (tertiary alicyclic amines) is 1. The van der Waals surface area contributed by atoms with Gasteiger partial charge >= 0.3 is 0 Å². The van der Waals surface area contributed by atoms with E-state index in [-0.39, 0.29) is 23.9 Å². The summed E-state index contributed by atoms with van der Waals surface area (Å²) in [6.07, 6.45) is 6.48. The molecule has 3 atom stereocenters. The Balaban J connectivity index is 1.20. The first-order valence-corrected chi connectivity index (χ1v) is 13.7. The number of carbonyl (C=O) groups excluding carboxylic acids is 3. The van der Waals surface area contributed by atoms with Gasteiger partial charge in [0.2, 0.25) is 5.91 Å². The summed E-state index contributed by atoms with van der Waals surface area (Å²) in [7, 11) is 0. The van der Waals surface area contributed by atoms with Crippen LogP contribution >= 0.6 is 0 Å². The molecule has 5 rings (SSSR count). The summed E-state index contributed by atoms with van der Waals surface area (Å²) in [4.78, 5) is 46.9. The number of carbonyl (C=O) groups is 3. The van der Waals surface area contributed by atoms with Gasteiger partial charge in [-0.2, -0.15) is 0 Å². The van der Waals surface area contributed by atoms with Crippen LogP contribution in [0.15, 0.2) is 30.5 Å². The maximum Gasteiger partial charge on any atom is 0.253 e. The summed E-state index contributed by atoms with van der Waals surface area (Å²) in [5.74, 6) is 0.231. The number of pyridine rings is 1. The fraction of sp³-hybridized carbons (Fsp3) is 0.517. The Morgan fingerprint density at radius 3 is 2.21 bits per heavy atom. The van der Waals surface area contributed by atoms with Crippen molar-refractivity contribution in [2.75, 3.05) is 24.5 Å². The smallest absolute Gasteiger partial charge is 0.253 e. The van der Waals surface area contributed by atoms with Crippen molar-refractivity contribution >= 4 is 23.5 Å². The first kappa shape index (κ1) is 26.2. The molecule has 3 fully saturated rings. The maximum absolute atomic E-state index is 13.1. The predicted octanol–water partition coefficient (Wildman–Crippen LogP) is 2.55. The molecule has 3 saturated heterocycles. The molecule has 38 heavy (non-hydrogen) atoms. The van der Waals surface area contributed by atoms with Crippen LogP contribution < -0.4 is 21.3 Å². The number of likely N-dealkylation sites (N-methyl/N-ethyl adjacent to an activating group) is 1. The van der Waals surface area contributed by atoms with Crippen LogP contribution in [0.5, 0.6) is 0 Å².